The fourth-order valence-corrected chi connectivity index (χ4v) is 3.76. The summed E-state index contributed by atoms with van der Waals surface area (Å²) in [6, 6.07) is 0.970. The summed E-state index contributed by atoms with van der Waals surface area (Å²) in [5.74, 6) is -3.58. The molecule has 3 amide bonds. The molecule has 0 aliphatic heterocycles. The molecule has 0 radical (unpaired) electrons. The van der Waals surface area contributed by atoms with Crippen LogP contribution in [-0.2, 0) is 32.0 Å². The number of phenolic OH excluding ortho intramolecular Hbond substituents is 1. The lowest BCUT2D eigenvalue weighted by molar-refractivity contribution is -0.145. The van der Waals surface area contributed by atoms with Crippen molar-refractivity contribution in [3.8, 4) is 5.75 Å². The first-order valence-corrected chi connectivity index (χ1v) is 12.5. The number of aromatic hydroxyl groups is 1. The largest absolute Gasteiger partial charge is 0.508 e. The normalized spacial score (nSPS) is 14.9. The zero-order chi connectivity index (χ0) is 28.9. The van der Waals surface area contributed by atoms with Crippen LogP contribution in [0.2, 0.25) is 0 Å². The molecule has 214 valence electrons. The number of hydrogen-bond acceptors (Lipinski definition) is 9. The SMILES string of the molecule is CC(O)C(NC(=O)C(Cc1ccc(O)cc1)NC(=O)C(CCCCN)NC(=O)C(N)Cc1cnc[nH]1)C(=O)O. The highest BCUT2D eigenvalue weighted by molar-refractivity contribution is 5.94. The molecule has 0 saturated heterocycles. The van der Waals surface area contributed by atoms with Crippen molar-refractivity contribution in [2.24, 2.45) is 11.5 Å². The molecule has 1 aromatic heterocycles. The summed E-state index contributed by atoms with van der Waals surface area (Å²) in [4.78, 5) is 57.4. The first kappa shape index (κ1) is 31.2. The summed E-state index contributed by atoms with van der Waals surface area (Å²) in [5.41, 5.74) is 12.8. The first-order valence-electron chi connectivity index (χ1n) is 12.5. The average molecular weight is 548 g/mol. The highest BCUT2D eigenvalue weighted by Gasteiger charge is 2.32. The number of nitrogens with one attached hydrogen (secondary N) is 4. The van der Waals surface area contributed by atoms with E-state index in [0.29, 0.717) is 30.6 Å². The summed E-state index contributed by atoms with van der Waals surface area (Å²) < 4.78 is 0. The zero-order valence-corrected chi connectivity index (χ0v) is 21.7. The number of aromatic nitrogens is 2. The average Bonchev–Trinajstić information content (AvgIpc) is 3.39. The van der Waals surface area contributed by atoms with Gasteiger partial charge in [0.1, 0.15) is 17.8 Å². The predicted octanol–water partition coefficient (Wildman–Crippen LogP) is -1.72. The Morgan fingerprint density at radius 1 is 0.974 bits per heavy atom. The third-order valence-corrected chi connectivity index (χ3v) is 5.97. The van der Waals surface area contributed by atoms with Crippen molar-refractivity contribution in [3.63, 3.8) is 0 Å². The standard InChI is InChI=1S/C25H37N7O7/c1-14(33)21(25(38)39)32-24(37)20(10-15-5-7-17(34)8-6-15)31-23(36)19(4-2-3-9-26)30-22(35)18(27)11-16-12-28-13-29-16/h5-8,12-14,18-21,33-34H,2-4,9-11,26-27H2,1H3,(H,28,29)(H,30,35)(H,31,36)(H,32,37)(H,38,39). The molecule has 0 spiro atoms. The van der Waals surface area contributed by atoms with Gasteiger partial charge in [0, 0.05) is 24.7 Å². The van der Waals surface area contributed by atoms with E-state index in [9.17, 15) is 34.5 Å². The van der Waals surface area contributed by atoms with Gasteiger partial charge in [0.15, 0.2) is 6.04 Å². The Morgan fingerprint density at radius 3 is 2.18 bits per heavy atom. The fourth-order valence-electron chi connectivity index (χ4n) is 3.76. The van der Waals surface area contributed by atoms with E-state index in [4.69, 9.17) is 11.5 Å². The summed E-state index contributed by atoms with van der Waals surface area (Å²) in [7, 11) is 0. The number of carbonyl (C=O) groups is 4. The van der Waals surface area contributed by atoms with Crippen LogP contribution in [0.25, 0.3) is 0 Å². The Balaban J connectivity index is 2.21. The molecule has 14 heteroatoms. The van der Waals surface area contributed by atoms with Crippen LogP contribution in [0.15, 0.2) is 36.8 Å². The number of benzene rings is 1. The second-order valence-corrected chi connectivity index (χ2v) is 9.23. The van der Waals surface area contributed by atoms with E-state index in [0.717, 1.165) is 0 Å². The number of carbonyl (C=O) groups excluding carboxylic acids is 3. The van der Waals surface area contributed by atoms with E-state index in [-0.39, 0.29) is 25.0 Å². The van der Waals surface area contributed by atoms with Gasteiger partial charge < -0.3 is 47.7 Å². The first-order chi connectivity index (χ1) is 18.5. The van der Waals surface area contributed by atoms with E-state index in [1.54, 1.807) is 12.1 Å². The number of imidazole rings is 1. The number of phenols is 1. The molecule has 14 nitrogen and oxygen atoms in total. The Morgan fingerprint density at radius 2 is 1.62 bits per heavy atom. The van der Waals surface area contributed by atoms with Crippen molar-refractivity contribution in [2.45, 2.75) is 69.3 Å². The lowest BCUT2D eigenvalue weighted by Crippen LogP contribution is -2.58. The molecular formula is C25H37N7O7. The molecule has 2 aromatic rings. The van der Waals surface area contributed by atoms with Gasteiger partial charge in [-0.3, -0.25) is 14.4 Å². The number of amides is 3. The highest BCUT2D eigenvalue weighted by Crippen LogP contribution is 2.12. The fraction of sp³-hybridized carbons (Fsp3) is 0.480. The van der Waals surface area contributed by atoms with E-state index < -0.39 is 54.0 Å². The van der Waals surface area contributed by atoms with Crippen molar-refractivity contribution in [3.05, 3.63) is 48.0 Å². The Bertz CT molecular complexity index is 1080. The molecule has 1 aromatic carbocycles. The molecule has 0 saturated carbocycles. The molecule has 0 aliphatic carbocycles. The summed E-state index contributed by atoms with van der Waals surface area (Å²) in [6.07, 6.45) is 2.98. The number of H-pyrrole nitrogens is 1. The van der Waals surface area contributed by atoms with Crippen LogP contribution < -0.4 is 27.4 Å². The van der Waals surface area contributed by atoms with Crippen molar-refractivity contribution in [1.82, 2.24) is 25.9 Å². The van der Waals surface area contributed by atoms with E-state index in [1.165, 1.54) is 31.6 Å². The van der Waals surface area contributed by atoms with Gasteiger partial charge in [0.05, 0.1) is 18.5 Å². The number of carboxylic acid groups (broad SMARTS) is 1. The number of carboxylic acids is 1. The van der Waals surface area contributed by atoms with Crippen LogP contribution in [0.4, 0.5) is 0 Å². The van der Waals surface area contributed by atoms with Crippen molar-refractivity contribution in [2.75, 3.05) is 6.54 Å². The number of aliphatic hydroxyl groups excluding tert-OH is 1. The molecule has 2 rings (SSSR count). The molecule has 0 fully saturated rings. The Labute approximate surface area is 225 Å². The quantitative estimate of drug-likeness (QED) is 0.108. The Kier molecular flexibility index (Phi) is 12.3. The maximum atomic E-state index is 13.3. The molecule has 1 heterocycles. The minimum atomic E-state index is -1.61. The zero-order valence-electron chi connectivity index (χ0n) is 21.7. The number of nitrogens with two attached hydrogens (primary N) is 2. The number of aliphatic carboxylic acids is 1. The van der Waals surface area contributed by atoms with Gasteiger partial charge in [-0.05, 0) is 50.4 Å². The number of rotatable bonds is 16. The van der Waals surface area contributed by atoms with Gasteiger partial charge in [-0.1, -0.05) is 12.1 Å². The second-order valence-electron chi connectivity index (χ2n) is 9.23. The van der Waals surface area contributed by atoms with Gasteiger partial charge in [0.2, 0.25) is 17.7 Å². The van der Waals surface area contributed by atoms with Crippen LogP contribution >= 0.6 is 0 Å². The number of hydrogen-bond donors (Lipinski definition) is 9. The van der Waals surface area contributed by atoms with Gasteiger partial charge in [-0.2, -0.15) is 0 Å². The molecule has 11 N–H and O–H groups in total. The number of nitrogens with zero attached hydrogens (tertiary/aromatic N) is 1. The van der Waals surface area contributed by atoms with Crippen LogP contribution in [0.3, 0.4) is 0 Å². The van der Waals surface area contributed by atoms with E-state index in [2.05, 4.69) is 25.9 Å². The maximum absolute atomic E-state index is 13.3. The molecule has 5 atom stereocenters. The van der Waals surface area contributed by atoms with Crippen LogP contribution in [0.5, 0.6) is 5.75 Å². The van der Waals surface area contributed by atoms with Crippen molar-refractivity contribution >= 4 is 23.7 Å². The maximum Gasteiger partial charge on any atom is 0.328 e. The second kappa shape index (κ2) is 15.4. The number of aliphatic hydroxyl groups is 1. The van der Waals surface area contributed by atoms with Crippen LogP contribution in [0, 0.1) is 0 Å². The third kappa shape index (κ3) is 10.3. The number of aromatic amines is 1. The third-order valence-electron chi connectivity index (χ3n) is 5.97. The highest BCUT2D eigenvalue weighted by atomic mass is 16.4. The van der Waals surface area contributed by atoms with Crippen LogP contribution in [0.1, 0.15) is 37.4 Å². The predicted molar refractivity (Wildman–Crippen MR) is 140 cm³/mol. The van der Waals surface area contributed by atoms with Gasteiger partial charge in [-0.25, -0.2) is 9.78 Å². The molecule has 39 heavy (non-hydrogen) atoms. The molecule has 0 bridgehead atoms. The lowest BCUT2D eigenvalue weighted by atomic mass is 10.0. The Hall–Kier alpha value is -4.01. The van der Waals surface area contributed by atoms with Gasteiger partial charge >= 0.3 is 5.97 Å². The van der Waals surface area contributed by atoms with E-state index in [1.807, 2.05) is 0 Å². The summed E-state index contributed by atoms with van der Waals surface area (Å²) in [5, 5.41) is 36.2. The monoisotopic (exact) mass is 547 g/mol. The summed E-state index contributed by atoms with van der Waals surface area (Å²) in [6.45, 7) is 1.59. The minimum Gasteiger partial charge on any atom is -0.508 e. The molecular weight excluding hydrogens is 510 g/mol. The smallest absolute Gasteiger partial charge is 0.328 e. The molecule has 5 unspecified atom stereocenters. The van der Waals surface area contributed by atoms with Gasteiger partial charge in [-0.15, -0.1) is 0 Å². The van der Waals surface area contributed by atoms with Crippen LogP contribution in [-0.4, -0.2) is 85.8 Å². The topological polar surface area (TPSA) is 246 Å². The van der Waals surface area contributed by atoms with Crippen molar-refractivity contribution in [1.29, 1.82) is 0 Å². The minimum absolute atomic E-state index is 0.00187. The number of unbranched alkanes of at least 4 members (excludes halogenated alkanes) is 1. The van der Waals surface area contributed by atoms with Crippen molar-refractivity contribution < 1.29 is 34.5 Å². The van der Waals surface area contributed by atoms with Gasteiger partial charge in [0.25, 0.3) is 0 Å². The molecule has 0 aliphatic rings. The lowest BCUT2D eigenvalue weighted by Gasteiger charge is -2.26. The summed E-state index contributed by atoms with van der Waals surface area (Å²) >= 11 is 0. The van der Waals surface area contributed by atoms with E-state index >= 15 is 0 Å².